The molecule has 1 aliphatic rings. The topological polar surface area (TPSA) is 83.0 Å². The summed E-state index contributed by atoms with van der Waals surface area (Å²) in [7, 11) is 1.55. The van der Waals surface area contributed by atoms with Crippen LogP contribution < -0.4 is 19.6 Å². The molecular formula is C29H25ClN2O5S. The van der Waals surface area contributed by atoms with Gasteiger partial charge in [0.25, 0.3) is 5.56 Å². The third kappa shape index (κ3) is 4.61. The maximum atomic E-state index is 13.8. The summed E-state index contributed by atoms with van der Waals surface area (Å²) in [6, 6.07) is 15.8. The second-order valence-corrected chi connectivity index (χ2v) is 10.2. The molecule has 0 fully saturated rings. The normalized spacial score (nSPS) is 15.3. The molecule has 0 spiro atoms. The summed E-state index contributed by atoms with van der Waals surface area (Å²) in [5.41, 5.74) is 3.06. The van der Waals surface area contributed by atoms with E-state index in [-0.39, 0.29) is 12.2 Å². The van der Waals surface area contributed by atoms with Crippen LogP contribution in [0.25, 0.3) is 17.4 Å². The molecular weight excluding hydrogens is 524 g/mol. The molecule has 0 radical (unpaired) electrons. The van der Waals surface area contributed by atoms with E-state index in [9.17, 15) is 9.59 Å². The number of hydrogen-bond donors (Lipinski definition) is 0. The number of hydrogen-bond acceptors (Lipinski definition) is 7. The molecule has 1 aliphatic heterocycles. The second kappa shape index (κ2) is 10.5. The number of carbonyl (C=O) groups is 1. The van der Waals surface area contributed by atoms with Gasteiger partial charge >= 0.3 is 5.97 Å². The summed E-state index contributed by atoms with van der Waals surface area (Å²) >= 11 is 7.42. The van der Waals surface area contributed by atoms with E-state index >= 15 is 0 Å². The minimum Gasteiger partial charge on any atom is -0.496 e. The largest absolute Gasteiger partial charge is 0.496 e. The van der Waals surface area contributed by atoms with Gasteiger partial charge in [0.1, 0.15) is 23.3 Å². The number of methoxy groups -OCH3 is 1. The number of esters is 1. The fraction of sp³-hybridized carbons (Fsp3) is 0.207. The summed E-state index contributed by atoms with van der Waals surface area (Å²) in [5, 5.41) is 0.612. The monoisotopic (exact) mass is 548 g/mol. The van der Waals surface area contributed by atoms with Crippen LogP contribution in [-0.4, -0.2) is 24.3 Å². The average Bonchev–Trinajstić information content (AvgIpc) is 3.49. The number of halogens is 1. The van der Waals surface area contributed by atoms with Gasteiger partial charge in [-0.1, -0.05) is 47.2 Å². The Morgan fingerprint density at radius 1 is 1.18 bits per heavy atom. The third-order valence-corrected chi connectivity index (χ3v) is 7.53. The van der Waals surface area contributed by atoms with Crippen molar-refractivity contribution in [2.45, 2.75) is 26.8 Å². The van der Waals surface area contributed by atoms with Crippen molar-refractivity contribution in [3.8, 4) is 17.1 Å². The quantitative estimate of drug-likeness (QED) is 0.316. The summed E-state index contributed by atoms with van der Waals surface area (Å²) in [4.78, 5) is 32.0. The van der Waals surface area contributed by atoms with E-state index in [1.54, 1.807) is 39.2 Å². The van der Waals surface area contributed by atoms with Gasteiger partial charge in [-0.15, -0.1) is 0 Å². The Labute approximate surface area is 227 Å². The first-order valence-corrected chi connectivity index (χ1v) is 13.2. The van der Waals surface area contributed by atoms with Gasteiger partial charge < -0.3 is 13.9 Å². The molecule has 0 bridgehead atoms. The summed E-state index contributed by atoms with van der Waals surface area (Å²) in [6.45, 7) is 5.67. The molecule has 5 rings (SSSR count). The maximum absolute atomic E-state index is 13.8. The molecule has 7 nitrogen and oxygen atoms in total. The molecule has 0 N–H and O–H groups in total. The molecule has 2 aromatic heterocycles. The van der Waals surface area contributed by atoms with Crippen molar-refractivity contribution < 1.29 is 18.7 Å². The number of allylic oxidation sites excluding steroid dienone is 1. The fourth-order valence-corrected chi connectivity index (χ4v) is 5.74. The molecule has 1 atom stereocenters. The number of rotatable bonds is 6. The smallest absolute Gasteiger partial charge is 0.338 e. The lowest BCUT2D eigenvalue weighted by Crippen LogP contribution is -2.40. The van der Waals surface area contributed by atoms with Crippen molar-refractivity contribution in [1.29, 1.82) is 0 Å². The van der Waals surface area contributed by atoms with Gasteiger partial charge in [-0.05, 0) is 56.7 Å². The lowest BCUT2D eigenvalue weighted by atomic mass is 9.95. The highest BCUT2D eigenvalue weighted by molar-refractivity contribution is 7.07. The number of ether oxygens (including phenoxy) is 2. The number of aromatic nitrogens is 1. The molecule has 9 heteroatoms. The zero-order valence-electron chi connectivity index (χ0n) is 21.3. The second-order valence-electron chi connectivity index (χ2n) is 8.71. The van der Waals surface area contributed by atoms with E-state index in [0.29, 0.717) is 48.5 Å². The zero-order valence-corrected chi connectivity index (χ0v) is 22.9. The van der Waals surface area contributed by atoms with Crippen LogP contribution >= 0.6 is 22.9 Å². The van der Waals surface area contributed by atoms with Crippen molar-refractivity contribution >= 4 is 35.0 Å². The van der Waals surface area contributed by atoms with Crippen molar-refractivity contribution in [2.75, 3.05) is 13.7 Å². The first kappa shape index (κ1) is 25.8. The zero-order chi connectivity index (χ0) is 27.0. The standard InChI is InChI=1S/C29H25ClN2O5S/c1-5-36-28(34)25-17(3)31-29-32(26(25)20-8-6-7-9-22(20)35-4)27(33)24(38-29)15-19-12-13-23(37-19)21-14-18(30)11-10-16(21)2/h6-15,26H,5H2,1-4H3/t26-/m1/s1. The Hall–Kier alpha value is -3.88. The van der Waals surface area contributed by atoms with E-state index in [2.05, 4.69) is 4.99 Å². The van der Waals surface area contributed by atoms with E-state index in [1.807, 2.05) is 49.4 Å². The van der Waals surface area contributed by atoms with Crippen LogP contribution in [0.1, 0.15) is 36.8 Å². The van der Waals surface area contributed by atoms with Crippen molar-refractivity contribution in [3.63, 3.8) is 0 Å². The van der Waals surface area contributed by atoms with Crippen LogP contribution in [-0.2, 0) is 9.53 Å². The average molecular weight is 549 g/mol. The van der Waals surface area contributed by atoms with Crippen molar-refractivity contribution in [3.05, 3.63) is 107 Å². The van der Waals surface area contributed by atoms with Gasteiger partial charge in [-0.2, -0.15) is 0 Å². The van der Waals surface area contributed by atoms with Crippen LogP contribution in [0.5, 0.6) is 5.75 Å². The Kier molecular flexibility index (Phi) is 7.10. The number of benzene rings is 2. The van der Waals surface area contributed by atoms with E-state index in [1.165, 1.54) is 15.9 Å². The van der Waals surface area contributed by atoms with Gasteiger partial charge in [0.2, 0.25) is 0 Å². The Bertz CT molecular complexity index is 1760. The number of nitrogens with zero attached hydrogens (tertiary/aromatic N) is 2. The van der Waals surface area contributed by atoms with Gasteiger partial charge in [0, 0.05) is 22.2 Å². The third-order valence-electron chi connectivity index (χ3n) is 6.32. The Morgan fingerprint density at radius 2 is 1.97 bits per heavy atom. The van der Waals surface area contributed by atoms with Gasteiger partial charge in [-0.25, -0.2) is 9.79 Å². The lowest BCUT2D eigenvalue weighted by Gasteiger charge is -2.25. The predicted octanol–water partition coefficient (Wildman–Crippen LogP) is 5.03. The highest BCUT2D eigenvalue weighted by atomic mass is 35.5. The number of thiazole rings is 1. The van der Waals surface area contributed by atoms with Crippen LogP contribution in [0.3, 0.4) is 0 Å². The summed E-state index contributed by atoms with van der Waals surface area (Å²) in [6.07, 6.45) is 1.69. The highest BCUT2D eigenvalue weighted by Crippen LogP contribution is 2.35. The van der Waals surface area contributed by atoms with Gasteiger partial charge in [-0.3, -0.25) is 9.36 Å². The Balaban J connectivity index is 1.67. The van der Waals surface area contributed by atoms with Crippen LogP contribution in [0.4, 0.5) is 0 Å². The molecule has 0 amide bonds. The first-order valence-electron chi connectivity index (χ1n) is 12.0. The minimum absolute atomic E-state index is 0.200. The molecule has 0 saturated heterocycles. The van der Waals surface area contributed by atoms with Gasteiger partial charge in [0.15, 0.2) is 4.80 Å². The number of carbonyl (C=O) groups excluding carboxylic acids is 1. The molecule has 2 aromatic carbocycles. The lowest BCUT2D eigenvalue weighted by molar-refractivity contribution is -0.139. The van der Waals surface area contributed by atoms with Crippen LogP contribution in [0, 0.1) is 6.92 Å². The number of fused-ring (bicyclic) bond motifs is 1. The van der Waals surface area contributed by atoms with E-state index < -0.39 is 12.0 Å². The predicted molar refractivity (Wildman–Crippen MR) is 147 cm³/mol. The SMILES string of the molecule is CCOC(=O)C1=C(C)N=c2sc(=Cc3ccc(-c4cc(Cl)ccc4C)o3)c(=O)n2[C@@H]1c1ccccc1OC. The maximum Gasteiger partial charge on any atom is 0.338 e. The van der Waals surface area contributed by atoms with Gasteiger partial charge in [0.05, 0.1) is 29.5 Å². The first-order chi connectivity index (χ1) is 18.3. The van der Waals surface area contributed by atoms with Crippen molar-refractivity contribution in [1.82, 2.24) is 4.57 Å². The summed E-state index contributed by atoms with van der Waals surface area (Å²) < 4.78 is 19.0. The molecule has 0 aliphatic carbocycles. The molecule has 0 saturated carbocycles. The summed E-state index contributed by atoms with van der Waals surface area (Å²) in [5.74, 6) is 1.19. The Morgan fingerprint density at radius 3 is 2.74 bits per heavy atom. The van der Waals surface area contributed by atoms with E-state index in [4.69, 9.17) is 25.5 Å². The molecule has 4 aromatic rings. The number of aryl methyl sites for hydroxylation is 1. The number of para-hydroxylation sites is 1. The fourth-order valence-electron chi connectivity index (χ4n) is 4.54. The molecule has 3 heterocycles. The molecule has 194 valence electrons. The van der Waals surface area contributed by atoms with E-state index in [0.717, 1.165) is 11.1 Å². The molecule has 0 unspecified atom stereocenters. The minimum atomic E-state index is -0.759. The number of furan rings is 1. The van der Waals surface area contributed by atoms with Crippen LogP contribution in [0.15, 0.2) is 80.1 Å². The van der Waals surface area contributed by atoms with Crippen LogP contribution in [0.2, 0.25) is 5.02 Å². The van der Waals surface area contributed by atoms with Crippen molar-refractivity contribution in [2.24, 2.45) is 4.99 Å². The highest BCUT2D eigenvalue weighted by Gasteiger charge is 2.35. The molecule has 38 heavy (non-hydrogen) atoms.